The number of unbranched alkanes of at least 4 members (excludes halogenated alkanes) is 1. The van der Waals surface area contributed by atoms with Crippen LogP contribution in [0.5, 0.6) is 5.75 Å². The number of H-pyrrole nitrogens is 1. The molecule has 0 amide bonds. The van der Waals surface area contributed by atoms with Gasteiger partial charge in [-0.25, -0.2) is 9.97 Å². The number of anilines is 1. The number of nitrogens with zero attached hydrogens (tertiary/aromatic N) is 4. The number of rotatable bonds is 8. The molecule has 1 saturated heterocycles. The Kier molecular flexibility index (Phi) is 7.26. The highest BCUT2D eigenvalue weighted by Gasteiger charge is 2.33. The first-order valence-corrected chi connectivity index (χ1v) is 13.5. The molecule has 8 heteroatoms. The second-order valence-electron chi connectivity index (χ2n) is 9.68. The van der Waals surface area contributed by atoms with E-state index in [-0.39, 0.29) is 6.04 Å². The minimum atomic E-state index is -0.0279. The summed E-state index contributed by atoms with van der Waals surface area (Å²) in [6.07, 6.45) is 6.68. The Bertz CT molecular complexity index is 1320. The van der Waals surface area contributed by atoms with Gasteiger partial charge in [0.05, 0.1) is 25.9 Å². The minimum Gasteiger partial charge on any atom is -0.494 e. The molecule has 4 aromatic rings. The third-order valence-corrected chi connectivity index (χ3v) is 7.57. The maximum atomic E-state index is 6.35. The summed E-state index contributed by atoms with van der Waals surface area (Å²) in [5.41, 5.74) is 4.76. The summed E-state index contributed by atoms with van der Waals surface area (Å²) in [7, 11) is 0. The van der Waals surface area contributed by atoms with Crippen LogP contribution in [0.4, 0.5) is 5.95 Å². The molecule has 0 aliphatic carbocycles. The minimum absolute atomic E-state index is 0.0279. The zero-order chi connectivity index (χ0) is 25.0. The highest BCUT2D eigenvalue weighted by molar-refractivity contribution is 6.31. The first-order valence-electron chi connectivity index (χ1n) is 13.1. The summed E-state index contributed by atoms with van der Waals surface area (Å²) in [6, 6.07) is 16.4. The first kappa shape index (κ1) is 24.2. The highest BCUT2D eigenvalue weighted by Crippen LogP contribution is 2.40. The number of hydrogen-bond donors (Lipinski definition) is 1. The van der Waals surface area contributed by atoms with Crippen molar-refractivity contribution in [3.63, 3.8) is 0 Å². The van der Waals surface area contributed by atoms with E-state index < -0.39 is 0 Å². The van der Waals surface area contributed by atoms with Crippen LogP contribution in [-0.4, -0.2) is 65.9 Å². The van der Waals surface area contributed by atoms with Gasteiger partial charge >= 0.3 is 0 Å². The number of aromatic amines is 1. The smallest absolute Gasteiger partial charge is 0.226 e. The van der Waals surface area contributed by atoms with Crippen LogP contribution in [0, 0.1) is 0 Å². The van der Waals surface area contributed by atoms with Crippen molar-refractivity contribution in [1.29, 1.82) is 0 Å². The third kappa shape index (κ3) is 5.30. The normalized spacial score (nSPS) is 18.2. The Balaban J connectivity index is 1.19. The number of benzene rings is 2. The molecule has 0 radical (unpaired) electrons. The van der Waals surface area contributed by atoms with Gasteiger partial charge in [-0.2, -0.15) is 0 Å². The van der Waals surface area contributed by atoms with E-state index in [4.69, 9.17) is 21.1 Å². The lowest BCUT2D eigenvalue weighted by Crippen LogP contribution is -2.37. The third-order valence-electron chi connectivity index (χ3n) is 7.33. The standard InChI is InChI=1S/C29H32ClN5O2/c30-22-6-9-26-25(20-22)24-10-14-35(29-31-11-3-12-32-29)28(27(24)33-26)21-4-7-23(8-5-21)37-17-2-1-13-34-15-18-36-19-16-34/h3-9,11-12,20,28,33H,1-2,10,13-19H2. The number of fused-ring (bicyclic) bond motifs is 3. The Morgan fingerprint density at radius 3 is 2.62 bits per heavy atom. The Morgan fingerprint density at radius 2 is 1.81 bits per heavy atom. The molecular formula is C29H32ClN5O2. The molecule has 1 atom stereocenters. The van der Waals surface area contributed by atoms with Crippen LogP contribution in [-0.2, 0) is 11.2 Å². The second-order valence-corrected chi connectivity index (χ2v) is 10.1. The van der Waals surface area contributed by atoms with Gasteiger partial charge in [0.25, 0.3) is 0 Å². The molecule has 2 aliphatic heterocycles. The molecular weight excluding hydrogens is 486 g/mol. The zero-order valence-corrected chi connectivity index (χ0v) is 21.7. The zero-order valence-electron chi connectivity index (χ0n) is 20.9. The lowest BCUT2D eigenvalue weighted by atomic mass is 9.92. The second kappa shape index (κ2) is 11.1. The molecule has 0 spiro atoms. The van der Waals surface area contributed by atoms with E-state index in [1.165, 1.54) is 22.2 Å². The van der Waals surface area contributed by atoms with Gasteiger partial charge in [-0.15, -0.1) is 0 Å². The Hall–Kier alpha value is -3.13. The van der Waals surface area contributed by atoms with Gasteiger partial charge < -0.3 is 19.4 Å². The van der Waals surface area contributed by atoms with Crippen molar-refractivity contribution in [2.75, 3.05) is 50.9 Å². The average molecular weight is 518 g/mol. The SMILES string of the molecule is Clc1ccc2[nH]c3c(c2c1)CCN(c1ncccn1)C3c1ccc(OCCCCN2CCOCC2)cc1. The van der Waals surface area contributed by atoms with Gasteiger partial charge in [0.15, 0.2) is 0 Å². The van der Waals surface area contributed by atoms with Gasteiger partial charge in [0.1, 0.15) is 5.75 Å². The van der Waals surface area contributed by atoms with Crippen LogP contribution in [0.25, 0.3) is 10.9 Å². The first-order chi connectivity index (χ1) is 18.3. The van der Waals surface area contributed by atoms with Crippen molar-refractivity contribution in [2.24, 2.45) is 0 Å². The number of nitrogens with one attached hydrogen (secondary N) is 1. The lowest BCUT2D eigenvalue weighted by Gasteiger charge is -2.36. The monoisotopic (exact) mass is 517 g/mol. The van der Waals surface area contributed by atoms with E-state index in [2.05, 4.69) is 61.1 Å². The van der Waals surface area contributed by atoms with E-state index >= 15 is 0 Å². The maximum absolute atomic E-state index is 6.35. The fourth-order valence-electron chi connectivity index (χ4n) is 5.46. The van der Waals surface area contributed by atoms with E-state index in [1.54, 1.807) is 12.4 Å². The lowest BCUT2D eigenvalue weighted by molar-refractivity contribution is 0.0368. The van der Waals surface area contributed by atoms with E-state index in [0.717, 1.165) is 87.5 Å². The molecule has 7 nitrogen and oxygen atoms in total. The predicted octanol–water partition coefficient (Wildman–Crippen LogP) is 5.25. The molecule has 192 valence electrons. The average Bonchev–Trinajstić information content (AvgIpc) is 3.31. The van der Waals surface area contributed by atoms with Crippen molar-refractivity contribution in [3.8, 4) is 5.75 Å². The van der Waals surface area contributed by atoms with E-state index in [0.29, 0.717) is 0 Å². The molecule has 1 unspecified atom stereocenters. The molecule has 2 aliphatic rings. The van der Waals surface area contributed by atoms with Gasteiger partial charge in [0, 0.05) is 53.6 Å². The summed E-state index contributed by atoms with van der Waals surface area (Å²) in [6.45, 7) is 6.45. The van der Waals surface area contributed by atoms with Gasteiger partial charge in [-0.3, -0.25) is 4.90 Å². The molecule has 6 rings (SSSR count). The summed E-state index contributed by atoms with van der Waals surface area (Å²) in [5, 5.41) is 1.95. The van der Waals surface area contributed by atoms with Crippen molar-refractivity contribution in [3.05, 3.63) is 82.8 Å². The summed E-state index contributed by atoms with van der Waals surface area (Å²) in [5.74, 6) is 1.63. The van der Waals surface area contributed by atoms with Crippen LogP contribution in [0.1, 0.15) is 35.7 Å². The number of ether oxygens (including phenoxy) is 2. The largest absolute Gasteiger partial charge is 0.494 e. The van der Waals surface area contributed by atoms with Crippen molar-refractivity contribution >= 4 is 28.5 Å². The summed E-state index contributed by atoms with van der Waals surface area (Å²) >= 11 is 6.35. The number of halogens is 1. The molecule has 37 heavy (non-hydrogen) atoms. The van der Waals surface area contributed by atoms with Gasteiger partial charge in [-0.05, 0) is 73.3 Å². The Morgan fingerprint density at radius 1 is 1.00 bits per heavy atom. The van der Waals surface area contributed by atoms with E-state index in [9.17, 15) is 0 Å². The van der Waals surface area contributed by atoms with Crippen LogP contribution in [0.15, 0.2) is 60.9 Å². The number of hydrogen-bond acceptors (Lipinski definition) is 6. The fraction of sp³-hybridized carbons (Fsp3) is 0.379. The van der Waals surface area contributed by atoms with Crippen LogP contribution < -0.4 is 9.64 Å². The Labute approximate surface area is 222 Å². The summed E-state index contributed by atoms with van der Waals surface area (Å²) < 4.78 is 11.5. The van der Waals surface area contributed by atoms with Crippen LogP contribution in [0.2, 0.25) is 5.02 Å². The quantitative estimate of drug-likeness (QED) is 0.322. The number of aromatic nitrogens is 3. The highest BCUT2D eigenvalue weighted by atomic mass is 35.5. The summed E-state index contributed by atoms with van der Waals surface area (Å²) in [4.78, 5) is 17.6. The fourth-order valence-corrected chi connectivity index (χ4v) is 5.63. The molecule has 0 bridgehead atoms. The van der Waals surface area contributed by atoms with Gasteiger partial charge in [-0.1, -0.05) is 23.7 Å². The topological polar surface area (TPSA) is 66.5 Å². The van der Waals surface area contributed by atoms with Crippen molar-refractivity contribution < 1.29 is 9.47 Å². The molecule has 2 aromatic heterocycles. The predicted molar refractivity (Wildman–Crippen MR) is 147 cm³/mol. The number of morpholine rings is 1. The van der Waals surface area contributed by atoms with Crippen LogP contribution in [0.3, 0.4) is 0 Å². The molecule has 1 N–H and O–H groups in total. The molecule has 2 aromatic carbocycles. The van der Waals surface area contributed by atoms with Gasteiger partial charge in [0.2, 0.25) is 5.95 Å². The molecule has 1 fully saturated rings. The van der Waals surface area contributed by atoms with Crippen LogP contribution >= 0.6 is 11.6 Å². The maximum Gasteiger partial charge on any atom is 0.226 e. The molecule has 4 heterocycles. The van der Waals surface area contributed by atoms with E-state index in [1.807, 2.05) is 12.1 Å². The molecule has 0 saturated carbocycles. The van der Waals surface area contributed by atoms with Crippen molar-refractivity contribution in [2.45, 2.75) is 25.3 Å². The van der Waals surface area contributed by atoms with Crippen molar-refractivity contribution in [1.82, 2.24) is 19.9 Å².